The molecule has 0 unspecified atom stereocenters. The number of fused-ring (bicyclic) bond motifs is 1. The number of carbonyl (C=O) groups excluding carboxylic acids is 1. The molecule has 0 bridgehead atoms. The van der Waals surface area contributed by atoms with Crippen LogP contribution < -0.4 is 10.6 Å². The molecule has 0 spiro atoms. The summed E-state index contributed by atoms with van der Waals surface area (Å²) in [5, 5.41) is 11.3. The van der Waals surface area contributed by atoms with Gasteiger partial charge >= 0.3 is 0 Å². The van der Waals surface area contributed by atoms with E-state index in [1.54, 1.807) is 0 Å². The van der Waals surface area contributed by atoms with Crippen LogP contribution in [-0.4, -0.2) is 16.3 Å². The maximum Gasteiger partial charge on any atom is 0.237 e. The highest BCUT2D eigenvalue weighted by Crippen LogP contribution is 2.37. The maximum atomic E-state index is 12.9. The lowest BCUT2D eigenvalue weighted by atomic mass is 10.1. The Bertz CT molecular complexity index is 1270. The molecule has 1 heterocycles. The molecule has 0 radical (unpaired) electrons. The largest absolute Gasteiger partial charge is 0.334 e. The average Bonchev–Trinajstić information content (AvgIpc) is 2.74. The van der Waals surface area contributed by atoms with Crippen molar-refractivity contribution in [3.05, 3.63) is 78.9 Å². The summed E-state index contributed by atoms with van der Waals surface area (Å²) >= 11 is 1.43. The third kappa shape index (κ3) is 3.34. The van der Waals surface area contributed by atoms with Crippen LogP contribution in [0.5, 0.6) is 0 Å². The number of anilines is 2. The standard InChI is InChI=1S/C24H19N3OS/c1-15(23(28)25-19-12-4-8-16-7-2-3-11-18(16)19)29-24-26-20-13-5-9-17-10-6-14-21(27-24)22(17)20/h2-15H,1H3,(H,25,28)(H,26,27)/t15-/m1/s1. The first-order valence-electron chi connectivity index (χ1n) is 9.52. The number of amides is 1. The zero-order chi connectivity index (χ0) is 19.8. The molecule has 5 heteroatoms. The molecule has 4 nitrogen and oxygen atoms in total. The molecule has 0 saturated carbocycles. The number of carbonyl (C=O) groups is 1. The summed E-state index contributed by atoms with van der Waals surface area (Å²) in [6.07, 6.45) is 0. The van der Waals surface area contributed by atoms with Gasteiger partial charge in [-0.2, -0.15) is 0 Å². The maximum absolute atomic E-state index is 12.9. The Labute approximate surface area is 173 Å². The summed E-state index contributed by atoms with van der Waals surface area (Å²) in [5.74, 6) is -0.0482. The van der Waals surface area contributed by atoms with Gasteiger partial charge in [-0.05, 0) is 35.9 Å². The molecule has 0 saturated heterocycles. The van der Waals surface area contributed by atoms with Crippen LogP contribution in [0.1, 0.15) is 6.92 Å². The lowest BCUT2D eigenvalue weighted by molar-refractivity contribution is -0.115. The Balaban J connectivity index is 1.36. The van der Waals surface area contributed by atoms with Crippen molar-refractivity contribution >= 4 is 61.4 Å². The van der Waals surface area contributed by atoms with Crippen LogP contribution >= 0.6 is 11.8 Å². The van der Waals surface area contributed by atoms with Crippen molar-refractivity contribution in [2.45, 2.75) is 12.2 Å². The SMILES string of the molecule is C[C@@H](SC1=Nc2cccc3cccc(c23)N1)C(=O)Nc1cccc2ccccc12. The predicted octanol–water partition coefficient (Wildman–Crippen LogP) is 6.17. The molecule has 1 aliphatic rings. The Morgan fingerprint density at radius 1 is 0.931 bits per heavy atom. The van der Waals surface area contributed by atoms with E-state index in [1.807, 2.05) is 73.7 Å². The smallest absolute Gasteiger partial charge is 0.237 e. The van der Waals surface area contributed by atoms with E-state index in [9.17, 15) is 4.79 Å². The number of benzene rings is 4. The molecular formula is C24H19N3OS. The van der Waals surface area contributed by atoms with Gasteiger partial charge < -0.3 is 10.6 Å². The molecule has 0 aliphatic carbocycles. The van der Waals surface area contributed by atoms with Gasteiger partial charge in [-0.25, -0.2) is 4.99 Å². The third-order valence-electron chi connectivity index (χ3n) is 5.05. The number of hydrogen-bond acceptors (Lipinski definition) is 4. The highest BCUT2D eigenvalue weighted by molar-refractivity contribution is 8.15. The molecular weight excluding hydrogens is 378 g/mol. The zero-order valence-corrected chi connectivity index (χ0v) is 16.7. The quantitative estimate of drug-likeness (QED) is 0.435. The van der Waals surface area contributed by atoms with Crippen LogP contribution in [-0.2, 0) is 4.79 Å². The zero-order valence-electron chi connectivity index (χ0n) is 15.8. The lowest BCUT2D eigenvalue weighted by Crippen LogP contribution is -2.26. The van der Waals surface area contributed by atoms with E-state index in [1.165, 1.54) is 11.8 Å². The van der Waals surface area contributed by atoms with Crippen molar-refractivity contribution in [2.75, 3.05) is 10.6 Å². The summed E-state index contributed by atoms with van der Waals surface area (Å²) in [7, 11) is 0. The van der Waals surface area contributed by atoms with Gasteiger partial charge in [-0.1, -0.05) is 72.4 Å². The summed E-state index contributed by atoms with van der Waals surface area (Å²) in [6, 6.07) is 26.2. The molecule has 2 N–H and O–H groups in total. The normalized spacial score (nSPS) is 13.6. The van der Waals surface area contributed by atoms with Gasteiger partial charge in [-0.15, -0.1) is 0 Å². The van der Waals surface area contributed by atoms with E-state index < -0.39 is 0 Å². The second-order valence-corrected chi connectivity index (χ2v) is 8.33. The first-order chi connectivity index (χ1) is 14.2. The van der Waals surface area contributed by atoms with Crippen LogP contribution in [0.3, 0.4) is 0 Å². The van der Waals surface area contributed by atoms with Crippen molar-refractivity contribution in [3.8, 4) is 0 Å². The molecule has 1 aliphatic heterocycles. The van der Waals surface area contributed by atoms with Gasteiger partial charge in [0.2, 0.25) is 5.91 Å². The van der Waals surface area contributed by atoms with E-state index in [0.29, 0.717) is 0 Å². The van der Waals surface area contributed by atoms with E-state index in [2.05, 4.69) is 22.8 Å². The molecule has 29 heavy (non-hydrogen) atoms. The van der Waals surface area contributed by atoms with Crippen molar-refractivity contribution in [3.63, 3.8) is 0 Å². The Kier molecular flexibility index (Phi) is 4.45. The number of aliphatic imine (C=N–C) groups is 1. The van der Waals surface area contributed by atoms with Crippen LogP contribution in [0.4, 0.5) is 17.1 Å². The second-order valence-electron chi connectivity index (χ2n) is 7.00. The van der Waals surface area contributed by atoms with Gasteiger partial charge in [0.1, 0.15) is 0 Å². The summed E-state index contributed by atoms with van der Waals surface area (Å²) in [6.45, 7) is 1.90. The number of nitrogens with one attached hydrogen (secondary N) is 2. The molecule has 0 aromatic heterocycles. The Morgan fingerprint density at radius 2 is 1.66 bits per heavy atom. The fourth-order valence-electron chi connectivity index (χ4n) is 3.62. The van der Waals surface area contributed by atoms with Crippen molar-refractivity contribution in [2.24, 2.45) is 4.99 Å². The summed E-state index contributed by atoms with van der Waals surface area (Å²) in [4.78, 5) is 17.6. The van der Waals surface area contributed by atoms with Crippen molar-refractivity contribution < 1.29 is 4.79 Å². The molecule has 5 rings (SSSR count). The third-order valence-corrected chi connectivity index (χ3v) is 6.04. The van der Waals surface area contributed by atoms with E-state index >= 15 is 0 Å². The molecule has 4 aromatic carbocycles. The summed E-state index contributed by atoms with van der Waals surface area (Å²) < 4.78 is 0. The molecule has 1 atom stereocenters. The van der Waals surface area contributed by atoms with Crippen LogP contribution in [0, 0.1) is 0 Å². The topological polar surface area (TPSA) is 53.5 Å². The number of thioether (sulfide) groups is 1. The molecule has 142 valence electrons. The first-order valence-corrected chi connectivity index (χ1v) is 10.4. The fraction of sp³-hybridized carbons (Fsp3) is 0.0833. The number of hydrogen-bond donors (Lipinski definition) is 2. The van der Waals surface area contributed by atoms with Gasteiger partial charge in [0.15, 0.2) is 5.17 Å². The molecule has 4 aromatic rings. The minimum absolute atomic E-state index is 0.0482. The van der Waals surface area contributed by atoms with Crippen LogP contribution in [0.2, 0.25) is 0 Å². The monoisotopic (exact) mass is 397 g/mol. The van der Waals surface area contributed by atoms with Gasteiger partial charge in [0.05, 0.1) is 16.6 Å². The second kappa shape index (κ2) is 7.26. The lowest BCUT2D eigenvalue weighted by Gasteiger charge is -2.20. The van der Waals surface area contributed by atoms with Gasteiger partial charge in [0, 0.05) is 16.5 Å². The Morgan fingerprint density at radius 3 is 2.55 bits per heavy atom. The molecule has 0 fully saturated rings. The van der Waals surface area contributed by atoms with E-state index in [0.717, 1.165) is 43.8 Å². The van der Waals surface area contributed by atoms with Crippen molar-refractivity contribution in [1.82, 2.24) is 0 Å². The first kappa shape index (κ1) is 17.8. The average molecular weight is 398 g/mol. The minimum atomic E-state index is -0.301. The summed E-state index contributed by atoms with van der Waals surface area (Å²) in [5.41, 5.74) is 2.78. The Hall–Kier alpha value is -3.31. The number of amidine groups is 1. The van der Waals surface area contributed by atoms with Crippen molar-refractivity contribution in [1.29, 1.82) is 0 Å². The fourth-order valence-corrected chi connectivity index (χ4v) is 4.44. The highest BCUT2D eigenvalue weighted by atomic mass is 32.2. The van der Waals surface area contributed by atoms with E-state index in [-0.39, 0.29) is 11.2 Å². The number of rotatable bonds is 3. The van der Waals surface area contributed by atoms with Crippen LogP contribution in [0.15, 0.2) is 83.9 Å². The minimum Gasteiger partial charge on any atom is -0.334 e. The van der Waals surface area contributed by atoms with E-state index in [4.69, 9.17) is 4.99 Å². The predicted molar refractivity (Wildman–Crippen MR) is 124 cm³/mol. The molecule has 1 amide bonds. The van der Waals surface area contributed by atoms with Crippen LogP contribution in [0.25, 0.3) is 21.5 Å². The highest BCUT2D eigenvalue weighted by Gasteiger charge is 2.21. The number of nitrogens with zero attached hydrogens (tertiary/aromatic N) is 1. The van der Waals surface area contributed by atoms with Gasteiger partial charge in [-0.3, -0.25) is 4.79 Å². The van der Waals surface area contributed by atoms with Gasteiger partial charge in [0.25, 0.3) is 0 Å².